The molecule has 3 heteroatoms. The zero-order valence-corrected chi connectivity index (χ0v) is 10.1. The van der Waals surface area contributed by atoms with Crippen molar-refractivity contribution in [1.29, 1.82) is 0 Å². The predicted molar refractivity (Wildman–Crippen MR) is 66.2 cm³/mol. The van der Waals surface area contributed by atoms with Crippen LogP contribution in [0.5, 0.6) is 0 Å². The molecule has 0 radical (unpaired) electrons. The van der Waals surface area contributed by atoms with Crippen LogP contribution in [0.25, 0.3) is 0 Å². The summed E-state index contributed by atoms with van der Waals surface area (Å²) in [6.07, 6.45) is 0.468. The summed E-state index contributed by atoms with van der Waals surface area (Å²) in [5.41, 5.74) is 7.72. The van der Waals surface area contributed by atoms with Gasteiger partial charge in [0.05, 0.1) is 6.42 Å². The topological polar surface area (TPSA) is 46.3 Å². The molecule has 0 aromatic heterocycles. The molecule has 0 saturated heterocycles. The number of likely N-dealkylation sites (N-methyl/N-ethyl adjacent to an activating group) is 1. The second kappa shape index (κ2) is 6.28. The third-order valence-electron chi connectivity index (χ3n) is 2.57. The van der Waals surface area contributed by atoms with Crippen LogP contribution in [0.3, 0.4) is 0 Å². The number of carbonyl (C=O) groups excluding carboxylic acids is 1. The van der Waals surface area contributed by atoms with Crippen molar-refractivity contribution in [2.45, 2.75) is 20.3 Å². The Bertz CT molecular complexity index is 350. The van der Waals surface area contributed by atoms with Crippen molar-refractivity contribution in [1.82, 2.24) is 4.90 Å². The molecule has 1 amide bonds. The number of amides is 1. The minimum atomic E-state index is 0.151. The monoisotopic (exact) mass is 220 g/mol. The summed E-state index contributed by atoms with van der Waals surface area (Å²) in [4.78, 5) is 13.7. The highest BCUT2D eigenvalue weighted by molar-refractivity contribution is 5.78. The fraction of sp³-hybridized carbons (Fsp3) is 0.462. The van der Waals surface area contributed by atoms with Gasteiger partial charge in [0, 0.05) is 19.6 Å². The van der Waals surface area contributed by atoms with Gasteiger partial charge in [0.25, 0.3) is 0 Å². The van der Waals surface area contributed by atoms with Crippen molar-refractivity contribution in [2.75, 3.05) is 19.6 Å². The molecule has 1 aromatic carbocycles. The van der Waals surface area contributed by atoms with E-state index >= 15 is 0 Å². The Hall–Kier alpha value is -1.35. The van der Waals surface area contributed by atoms with Crippen LogP contribution in [0.4, 0.5) is 0 Å². The molecule has 0 aliphatic rings. The molecule has 0 saturated carbocycles. The Balaban J connectivity index is 2.62. The van der Waals surface area contributed by atoms with Gasteiger partial charge in [-0.2, -0.15) is 0 Å². The molecule has 0 fully saturated rings. The van der Waals surface area contributed by atoms with Crippen LogP contribution < -0.4 is 5.73 Å². The standard InChI is InChI=1S/C13H20N2O/c1-3-15(8-7-14)13(16)10-12-6-4-5-11(2)9-12/h4-6,9H,3,7-8,10,14H2,1-2H3. The first-order valence-electron chi connectivity index (χ1n) is 5.70. The van der Waals surface area contributed by atoms with Crippen LogP contribution in [-0.2, 0) is 11.2 Å². The lowest BCUT2D eigenvalue weighted by Crippen LogP contribution is -2.36. The second-order valence-electron chi connectivity index (χ2n) is 3.93. The van der Waals surface area contributed by atoms with Gasteiger partial charge >= 0.3 is 0 Å². The number of benzene rings is 1. The van der Waals surface area contributed by atoms with Gasteiger partial charge in [0.2, 0.25) is 5.91 Å². The van der Waals surface area contributed by atoms with E-state index in [0.29, 0.717) is 19.5 Å². The number of nitrogens with zero attached hydrogens (tertiary/aromatic N) is 1. The highest BCUT2D eigenvalue weighted by Crippen LogP contribution is 2.06. The third kappa shape index (κ3) is 3.66. The first kappa shape index (κ1) is 12.7. The molecule has 0 atom stereocenters. The van der Waals surface area contributed by atoms with E-state index < -0.39 is 0 Å². The van der Waals surface area contributed by atoms with Crippen LogP contribution in [0.2, 0.25) is 0 Å². The first-order valence-corrected chi connectivity index (χ1v) is 5.70. The van der Waals surface area contributed by atoms with E-state index in [9.17, 15) is 4.79 Å². The van der Waals surface area contributed by atoms with Crippen LogP contribution in [0, 0.1) is 6.92 Å². The van der Waals surface area contributed by atoms with Crippen molar-refractivity contribution in [2.24, 2.45) is 5.73 Å². The Morgan fingerprint density at radius 2 is 2.19 bits per heavy atom. The van der Waals surface area contributed by atoms with E-state index in [4.69, 9.17) is 5.73 Å². The van der Waals surface area contributed by atoms with Crippen LogP contribution in [0.1, 0.15) is 18.1 Å². The van der Waals surface area contributed by atoms with E-state index in [1.54, 1.807) is 4.90 Å². The summed E-state index contributed by atoms with van der Waals surface area (Å²) in [5.74, 6) is 0.151. The lowest BCUT2D eigenvalue weighted by Gasteiger charge is -2.20. The Labute approximate surface area is 97.2 Å². The molecular formula is C13H20N2O. The van der Waals surface area contributed by atoms with Crippen molar-refractivity contribution in [3.8, 4) is 0 Å². The van der Waals surface area contributed by atoms with Crippen molar-refractivity contribution < 1.29 is 4.79 Å². The van der Waals surface area contributed by atoms with E-state index in [-0.39, 0.29) is 5.91 Å². The highest BCUT2D eigenvalue weighted by atomic mass is 16.2. The maximum absolute atomic E-state index is 11.9. The average Bonchev–Trinajstić information content (AvgIpc) is 2.25. The Kier molecular flexibility index (Phi) is 4.99. The molecule has 16 heavy (non-hydrogen) atoms. The summed E-state index contributed by atoms with van der Waals surface area (Å²) in [6, 6.07) is 8.05. The summed E-state index contributed by atoms with van der Waals surface area (Å²) in [5, 5.41) is 0. The normalized spacial score (nSPS) is 10.2. The number of hydrogen-bond donors (Lipinski definition) is 1. The summed E-state index contributed by atoms with van der Waals surface area (Å²) < 4.78 is 0. The predicted octanol–water partition coefficient (Wildman–Crippen LogP) is 1.34. The quantitative estimate of drug-likeness (QED) is 0.814. The van der Waals surface area contributed by atoms with Gasteiger partial charge in [-0.3, -0.25) is 4.79 Å². The molecule has 0 aliphatic heterocycles. The molecule has 0 bridgehead atoms. The van der Waals surface area contributed by atoms with Crippen molar-refractivity contribution in [3.63, 3.8) is 0 Å². The highest BCUT2D eigenvalue weighted by Gasteiger charge is 2.10. The van der Waals surface area contributed by atoms with Crippen molar-refractivity contribution >= 4 is 5.91 Å². The number of carbonyl (C=O) groups is 1. The fourth-order valence-corrected chi connectivity index (χ4v) is 1.72. The SMILES string of the molecule is CCN(CCN)C(=O)Cc1cccc(C)c1. The lowest BCUT2D eigenvalue weighted by molar-refractivity contribution is -0.130. The zero-order chi connectivity index (χ0) is 12.0. The molecular weight excluding hydrogens is 200 g/mol. The smallest absolute Gasteiger partial charge is 0.227 e. The minimum absolute atomic E-state index is 0.151. The summed E-state index contributed by atoms with van der Waals surface area (Å²) >= 11 is 0. The average molecular weight is 220 g/mol. The summed E-state index contributed by atoms with van der Waals surface area (Å²) in [7, 11) is 0. The molecule has 3 nitrogen and oxygen atoms in total. The van der Waals surface area contributed by atoms with Crippen molar-refractivity contribution in [3.05, 3.63) is 35.4 Å². The van der Waals surface area contributed by atoms with E-state index in [2.05, 4.69) is 0 Å². The zero-order valence-electron chi connectivity index (χ0n) is 10.1. The minimum Gasteiger partial charge on any atom is -0.341 e. The van der Waals surface area contributed by atoms with Crippen LogP contribution in [0.15, 0.2) is 24.3 Å². The van der Waals surface area contributed by atoms with Gasteiger partial charge < -0.3 is 10.6 Å². The molecule has 88 valence electrons. The molecule has 1 aromatic rings. The maximum atomic E-state index is 11.9. The summed E-state index contributed by atoms with van der Waals surface area (Å²) in [6.45, 7) is 5.89. The molecule has 0 unspecified atom stereocenters. The molecule has 0 heterocycles. The fourth-order valence-electron chi connectivity index (χ4n) is 1.72. The largest absolute Gasteiger partial charge is 0.341 e. The molecule has 0 aliphatic carbocycles. The van der Waals surface area contributed by atoms with Gasteiger partial charge in [-0.05, 0) is 19.4 Å². The van der Waals surface area contributed by atoms with Crippen LogP contribution in [-0.4, -0.2) is 30.4 Å². The van der Waals surface area contributed by atoms with Gasteiger partial charge in [-0.15, -0.1) is 0 Å². The van der Waals surface area contributed by atoms with Crippen LogP contribution >= 0.6 is 0 Å². The lowest BCUT2D eigenvalue weighted by atomic mass is 10.1. The maximum Gasteiger partial charge on any atom is 0.227 e. The van der Waals surface area contributed by atoms with Gasteiger partial charge in [0.1, 0.15) is 0 Å². The van der Waals surface area contributed by atoms with Gasteiger partial charge in [-0.25, -0.2) is 0 Å². The number of aryl methyl sites for hydroxylation is 1. The molecule has 2 N–H and O–H groups in total. The number of rotatable bonds is 5. The Morgan fingerprint density at radius 1 is 1.44 bits per heavy atom. The second-order valence-corrected chi connectivity index (χ2v) is 3.93. The number of nitrogens with two attached hydrogens (primary N) is 1. The van der Waals surface area contributed by atoms with E-state index in [1.165, 1.54) is 5.56 Å². The van der Waals surface area contributed by atoms with Gasteiger partial charge in [-0.1, -0.05) is 29.8 Å². The third-order valence-corrected chi connectivity index (χ3v) is 2.57. The molecule has 0 spiro atoms. The van der Waals surface area contributed by atoms with E-state index in [0.717, 1.165) is 12.1 Å². The van der Waals surface area contributed by atoms with E-state index in [1.807, 2.05) is 38.1 Å². The van der Waals surface area contributed by atoms with Gasteiger partial charge in [0.15, 0.2) is 0 Å². The first-order chi connectivity index (χ1) is 7.67. The molecule has 1 rings (SSSR count). The Morgan fingerprint density at radius 3 is 2.75 bits per heavy atom. The number of hydrogen-bond acceptors (Lipinski definition) is 2.